The smallest absolute Gasteiger partial charge is 0.407 e. The van der Waals surface area contributed by atoms with Crippen LogP contribution in [0.4, 0.5) is 4.79 Å². The molecule has 5 N–H and O–H groups in total. The van der Waals surface area contributed by atoms with Gasteiger partial charge in [-0.1, -0.05) is 84.9 Å². The van der Waals surface area contributed by atoms with Gasteiger partial charge in [0.2, 0.25) is 5.91 Å². The van der Waals surface area contributed by atoms with Crippen LogP contribution in [-0.2, 0) is 28.8 Å². The fourth-order valence-electron chi connectivity index (χ4n) is 5.12. The van der Waals surface area contributed by atoms with Gasteiger partial charge in [0.25, 0.3) is 0 Å². The van der Waals surface area contributed by atoms with Crippen LogP contribution in [0, 0.1) is 0 Å². The van der Waals surface area contributed by atoms with Crippen molar-refractivity contribution in [2.45, 2.75) is 76.0 Å². The van der Waals surface area contributed by atoms with Crippen molar-refractivity contribution in [3.8, 4) is 0 Å². The third-order valence-corrected chi connectivity index (χ3v) is 7.14. The van der Waals surface area contributed by atoms with E-state index in [0.29, 0.717) is 19.3 Å². The van der Waals surface area contributed by atoms with Crippen molar-refractivity contribution in [2.75, 3.05) is 6.54 Å². The quantitative estimate of drug-likeness (QED) is 0.246. The Balaban J connectivity index is 1.48. The van der Waals surface area contributed by atoms with Gasteiger partial charge in [0.15, 0.2) is 0 Å². The summed E-state index contributed by atoms with van der Waals surface area (Å²) >= 11 is 0. The van der Waals surface area contributed by atoms with Gasteiger partial charge in [-0.05, 0) is 55.9 Å². The number of carbonyl (C=O) groups excluding carboxylic acids is 2. The molecule has 3 aromatic rings. The zero-order valence-corrected chi connectivity index (χ0v) is 23.9. The summed E-state index contributed by atoms with van der Waals surface area (Å²) in [5.74, 6) is -0.276. The molecule has 0 fully saturated rings. The summed E-state index contributed by atoms with van der Waals surface area (Å²) < 4.78 is 5.44. The highest BCUT2D eigenvalue weighted by molar-refractivity contribution is 5.82. The summed E-state index contributed by atoms with van der Waals surface area (Å²) in [6.07, 6.45) is -1.12. The lowest BCUT2D eigenvalue weighted by molar-refractivity contribution is -0.124. The summed E-state index contributed by atoms with van der Waals surface area (Å²) in [4.78, 5) is 26.2. The van der Waals surface area contributed by atoms with Crippen LogP contribution < -0.4 is 16.0 Å². The zero-order valence-electron chi connectivity index (χ0n) is 23.9. The molecule has 1 aliphatic rings. The minimum Gasteiger partial charge on any atom is -0.444 e. The van der Waals surface area contributed by atoms with Crippen molar-refractivity contribution < 1.29 is 24.5 Å². The van der Waals surface area contributed by atoms with Crippen molar-refractivity contribution in [1.82, 2.24) is 16.0 Å². The number of hydrogen-bond donors (Lipinski definition) is 5. The Bertz CT molecular complexity index is 1280. The Labute approximate surface area is 242 Å². The Morgan fingerprint density at radius 2 is 1.49 bits per heavy atom. The predicted molar refractivity (Wildman–Crippen MR) is 158 cm³/mol. The zero-order chi connectivity index (χ0) is 29.4. The van der Waals surface area contributed by atoms with E-state index < -0.39 is 42.0 Å². The van der Waals surface area contributed by atoms with E-state index in [1.54, 1.807) is 20.8 Å². The summed E-state index contributed by atoms with van der Waals surface area (Å²) in [5, 5.41) is 31.0. The number of aliphatic hydroxyl groups excluding tert-OH is 2. The summed E-state index contributed by atoms with van der Waals surface area (Å²) in [5.41, 5.74) is 3.14. The average Bonchev–Trinajstić information content (AvgIpc) is 3.25. The molecule has 0 aromatic heterocycles. The third-order valence-electron chi connectivity index (χ3n) is 7.14. The molecule has 3 aromatic carbocycles. The van der Waals surface area contributed by atoms with Crippen molar-refractivity contribution >= 4 is 12.0 Å². The molecule has 8 nitrogen and oxygen atoms in total. The second-order valence-electron chi connectivity index (χ2n) is 11.6. The Hall–Kier alpha value is -3.72. The van der Waals surface area contributed by atoms with Gasteiger partial charge in [0.05, 0.1) is 30.3 Å². The van der Waals surface area contributed by atoms with Gasteiger partial charge in [-0.3, -0.25) is 4.79 Å². The number of amides is 2. The normalized spacial score (nSPS) is 18.6. The van der Waals surface area contributed by atoms with Crippen LogP contribution in [0.1, 0.15) is 49.1 Å². The second-order valence-corrected chi connectivity index (χ2v) is 11.6. The molecule has 0 spiro atoms. The average molecular weight is 560 g/mol. The van der Waals surface area contributed by atoms with Crippen LogP contribution in [0.25, 0.3) is 0 Å². The number of carbonyl (C=O) groups is 2. The van der Waals surface area contributed by atoms with Gasteiger partial charge in [-0.25, -0.2) is 4.79 Å². The highest BCUT2D eigenvalue weighted by atomic mass is 16.6. The first-order valence-electron chi connectivity index (χ1n) is 14.1. The molecule has 0 aliphatic heterocycles. The van der Waals surface area contributed by atoms with Crippen LogP contribution >= 0.6 is 0 Å². The number of fused-ring (bicyclic) bond motifs is 1. The lowest BCUT2D eigenvalue weighted by atomic mass is 10.00. The molecule has 2 amide bonds. The van der Waals surface area contributed by atoms with Crippen LogP contribution in [0.2, 0.25) is 0 Å². The van der Waals surface area contributed by atoms with E-state index >= 15 is 0 Å². The van der Waals surface area contributed by atoms with E-state index in [0.717, 1.165) is 22.3 Å². The number of alkyl carbamates (subject to hydrolysis) is 1. The molecule has 0 heterocycles. The standard InChI is InChI=1S/C33H41N3O5/c1-33(2,3)41-32(40)35-26(18-22-12-6-4-7-13-22)29(38)21-34-27(19-23-14-8-5-9-15-23)31(39)36-30-25-17-11-10-16-24(25)20-28(30)37/h4-17,26-30,34,37-38H,18-21H2,1-3H3,(H,35,40)(H,36,39)/t26-,27+,28+,29-,30-/m0/s1. The minimum atomic E-state index is -1.02. The van der Waals surface area contributed by atoms with Gasteiger partial charge in [-0.15, -0.1) is 0 Å². The fourth-order valence-corrected chi connectivity index (χ4v) is 5.12. The Morgan fingerprint density at radius 3 is 2.12 bits per heavy atom. The molecule has 0 unspecified atom stereocenters. The van der Waals surface area contributed by atoms with Crippen molar-refractivity contribution in [3.05, 3.63) is 107 Å². The first-order valence-corrected chi connectivity index (χ1v) is 14.1. The molecule has 41 heavy (non-hydrogen) atoms. The van der Waals surface area contributed by atoms with Crippen LogP contribution in [0.5, 0.6) is 0 Å². The largest absolute Gasteiger partial charge is 0.444 e. The van der Waals surface area contributed by atoms with E-state index in [4.69, 9.17) is 4.74 Å². The topological polar surface area (TPSA) is 120 Å². The molecule has 0 bridgehead atoms. The molecule has 0 radical (unpaired) electrons. The van der Waals surface area contributed by atoms with E-state index in [2.05, 4.69) is 16.0 Å². The lowest BCUT2D eigenvalue weighted by Gasteiger charge is -2.29. The van der Waals surface area contributed by atoms with Crippen LogP contribution in [-0.4, -0.2) is 58.7 Å². The minimum absolute atomic E-state index is 0.0437. The monoisotopic (exact) mass is 559 g/mol. The van der Waals surface area contributed by atoms with E-state index in [9.17, 15) is 19.8 Å². The number of ether oxygens (including phenoxy) is 1. The van der Waals surface area contributed by atoms with Gasteiger partial charge >= 0.3 is 6.09 Å². The maximum Gasteiger partial charge on any atom is 0.407 e. The van der Waals surface area contributed by atoms with Crippen LogP contribution in [0.15, 0.2) is 84.9 Å². The molecular weight excluding hydrogens is 518 g/mol. The number of nitrogens with one attached hydrogen (secondary N) is 3. The molecule has 5 atom stereocenters. The molecule has 0 saturated carbocycles. The maximum absolute atomic E-state index is 13.6. The van der Waals surface area contributed by atoms with E-state index in [-0.39, 0.29) is 12.5 Å². The second kappa shape index (κ2) is 13.8. The number of aliphatic hydroxyl groups is 2. The Kier molecular flexibility index (Phi) is 10.2. The first-order chi connectivity index (χ1) is 19.6. The molecule has 218 valence electrons. The maximum atomic E-state index is 13.6. The van der Waals surface area contributed by atoms with Gasteiger partial charge in [0.1, 0.15) is 5.60 Å². The molecule has 8 heteroatoms. The summed E-state index contributed by atoms with van der Waals surface area (Å²) in [6.45, 7) is 5.39. The number of hydrogen-bond acceptors (Lipinski definition) is 6. The third kappa shape index (κ3) is 8.88. The highest BCUT2D eigenvalue weighted by Crippen LogP contribution is 2.31. The SMILES string of the molecule is CC(C)(C)OC(=O)N[C@@H](Cc1ccccc1)[C@@H](O)CN[C@H](Cc1ccccc1)C(=O)N[C@H]1c2ccccc2C[C@H]1O. The van der Waals surface area contributed by atoms with Gasteiger partial charge in [-0.2, -0.15) is 0 Å². The summed E-state index contributed by atoms with van der Waals surface area (Å²) in [6, 6.07) is 25.1. The van der Waals surface area contributed by atoms with E-state index in [1.807, 2.05) is 84.9 Å². The fraction of sp³-hybridized carbons (Fsp3) is 0.394. The number of benzene rings is 3. The van der Waals surface area contributed by atoms with Crippen molar-refractivity contribution in [2.24, 2.45) is 0 Å². The van der Waals surface area contributed by atoms with Crippen LogP contribution in [0.3, 0.4) is 0 Å². The lowest BCUT2D eigenvalue weighted by Crippen LogP contribution is -2.54. The Morgan fingerprint density at radius 1 is 0.902 bits per heavy atom. The van der Waals surface area contributed by atoms with Crippen molar-refractivity contribution in [1.29, 1.82) is 0 Å². The first kappa shape index (κ1) is 30.2. The molecule has 1 aliphatic carbocycles. The molecular formula is C33H41N3O5. The van der Waals surface area contributed by atoms with Gasteiger partial charge in [0, 0.05) is 13.0 Å². The number of rotatable bonds is 11. The van der Waals surface area contributed by atoms with E-state index in [1.165, 1.54) is 0 Å². The molecule has 4 rings (SSSR count). The predicted octanol–water partition coefficient (Wildman–Crippen LogP) is 3.46. The highest BCUT2D eigenvalue weighted by Gasteiger charge is 2.34. The molecule has 0 saturated heterocycles. The summed E-state index contributed by atoms with van der Waals surface area (Å²) in [7, 11) is 0. The van der Waals surface area contributed by atoms with Crippen molar-refractivity contribution in [3.63, 3.8) is 0 Å². The van der Waals surface area contributed by atoms with Gasteiger partial charge < -0.3 is 30.9 Å².